The minimum absolute atomic E-state index is 0.00160. The highest BCUT2D eigenvalue weighted by atomic mass is 16.5. The number of anilines is 3. The summed E-state index contributed by atoms with van der Waals surface area (Å²) in [7, 11) is 0. The van der Waals surface area contributed by atoms with Crippen molar-refractivity contribution < 1.29 is 24.1 Å². The van der Waals surface area contributed by atoms with E-state index in [9.17, 15) is 4.79 Å². The average Bonchev–Trinajstić information content (AvgIpc) is 2.95. The Labute approximate surface area is 232 Å². The van der Waals surface area contributed by atoms with Gasteiger partial charge in [-0.25, -0.2) is 4.98 Å². The number of rotatable bonds is 11. The largest absolute Gasteiger partial charge is 0.490 e. The van der Waals surface area contributed by atoms with Crippen molar-refractivity contribution in [3.05, 3.63) is 84.7 Å². The van der Waals surface area contributed by atoms with Gasteiger partial charge in [0.2, 0.25) is 5.88 Å². The van der Waals surface area contributed by atoms with Crippen molar-refractivity contribution >= 4 is 23.4 Å². The van der Waals surface area contributed by atoms with Crippen LogP contribution in [0.2, 0.25) is 0 Å². The molecule has 2 aromatic heterocycles. The number of carboxylic acids is 1. The highest BCUT2D eigenvalue weighted by molar-refractivity contribution is 5.70. The van der Waals surface area contributed by atoms with Gasteiger partial charge in [-0.15, -0.1) is 0 Å². The number of carboxylic acid groups (broad SMARTS) is 1. The Balaban J connectivity index is 1.24. The molecule has 0 unspecified atom stereocenters. The first-order chi connectivity index (χ1) is 19.6. The first-order valence-electron chi connectivity index (χ1n) is 13.2. The van der Waals surface area contributed by atoms with E-state index in [4.69, 9.17) is 24.3 Å². The summed E-state index contributed by atoms with van der Waals surface area (Å²) in [6.07, 6.45) is 5.22. The average molecular weight is 542 g/mol. The van der Waals surface area contributed by atoms with Crippen molar-refractivity contribution in [2.45, 2.75) is 32.3 Å². The number of nitrogens with one attached hydrogen (secondary N) is 1. The maximum atomic E-state index is 11.0. The van der Waals surface area contributed by atoms with Gasteiger partial charge in [-0.2, -0.15) is 4.98 Å². The molecule has 0 bridgehead atoms. The molecule has 0 aliphatic carbocycles. The van der Waals surface area contributed by atoms with Gasteiger partial charge in [0.1, 0.15) is 23.5 Å². The molecule has 0 spiro atoms. The molecule has 10 heteroatoms. The first-order valence-corrected chi connectivity index (χ1v) is 13.2. The Morgan fingerprint density at radius 3 is 2.73 bits per heavy atom. The van der Waals surface area contributed by atoms with Gasteiger partial charge >= 0.3 is 5.97 Å². The van der Waals surface area contributed by atoms with Crippen molar-refractivity contribution in [2.24, 2.45) is 0 Å². The highest BCUT2D eigenvalue weighted by Gasteiger charge is 2.24. The van der Waals surface area contributed by atoms with Crippen LogP contribution in [0.3, 0.4) is 0 Å². The van der Waals surface area contributed by atoms with Crippen LogP contribution in [0.4, 0.5) is 17.5 Å². The Morgan fingerprint density at radius 1 is 1.02 bits per heavy atom. The van der Waals surface area contributed by atoms with E-state index in [-0.39, 0.29) is 12.5 Å². The summed E-state index contributed by atoms with van der Waals surface area (Å²) < 4.78 is 17.9. The third kappa shape index (κ3) is 7.16. The highest BCUT2D eigenvalue weighted by Crippen LogP contribution is 2.30. The topological polar surface area (TPSA) is 119 Å². The van der Waals surface area contributed by atoms with Gasteiger partial charge in [0, 0.05) is 12.6 Å². The molecule has 1 saturated heterocycles. The molecule has 1 fully saturated rings. The van der Waals surface area contributed by atoms with Crippen LogP contribution >= 0.6 is 0 Å². The zero-order valence-electron chi connectivity index (χ0n) is 22.2. The standard InChI is InChI=1S/C30H31N5O5/c1-2-38-24-11-3-4-12-25(24)39-23-10-7-15-35(20-23)28-19-31-18-27(33-28)32-26-13-6-14-29(34-26)40-22-9-5-8-21(16-22)17-30(36)37/h3-6,8-9,11-14,16,18-19,23H,2,7,10,15,17,20H2,1H3,(H,36,37)(H,32,33,34)/t23-/m1/s1. The van der Waals surface area contributed by atoms with E-state index >= 15 is 0 Å². The third-order valence-corrected chi connectivity index (χ3v) is 6.22. The molecule has 0 saturated carbocycles. The zero-order valence-corrected chi connectivity index (χ0v) is 22.2. The van der Waals surface area contributed by atoms with E-state index < -0.39 is 5.97 Å². The van der Waals surface area contributed by atoms with Gasteiger partial charge in [-0.1, -0.05) is 30.3 Å². The molecule has 2 N–H and O–H groups in total. The number of nitrogens with zero attached hydrogens (tertiary/aromatic N) is 4. The number of para-hydroxylation sites is 2. The van der Waals surface area contributed by atoms with Crippen molar-refractivity contribution in [3.8, 4) is 23.1 Å². The van der Waals surface area contributed by atoms with Crippen molar-refractivity contribution in [3.63, 3.8) is 0 Å². The minimum Gasteiger partial charge on any atom is -0.490 e. The monoisotopic (exact) mass is 541 g/mol. The second-order valence-corrected chi connectivity index (χ2v) is 9.28. The molecule has 0 amide bonds. The lowest BCUT2D eigenvalue weighted by Crippen LogP contribution is -2.41. The summed E-state index contributed by atoms with van der Waals surface area (Å²) in [4.78, 5) is 26.9. The van der Waals surface area contributed by atoms with Gasteiger partial charge in [-0.3, -0.25) is 9.78 Å². The van der Waals surface area contributed by atoms with Crippen LogP contribution in [0, 0.1) is 0 Å². The molecule has 1 aliphatic rings. The van der Waals surface area contributed by atoms with Gasteiger partial charge in [-0.05, 0) is 55.7 Å². The minimum atomic E-state index is -0.899. The number of ether oxygens (including phenoxy) is 3. The SMILES string of the molecule is CCOc1ccccc1O[C@@H]1CCCN(c2cncc(Nc3cccc(Oc4cccc(CC(=O)O)c4)n3)n2)C1. The summed E-state index contributed by atoms with van der Waals surface area (Å²) in [6, 6.07) is 20.0. The molecule has 5 rings (SSSR count). The van der Waals surface area contributed by atoms with Crippen molar-refractivity contribution in [2.75, 3.05) is 29.9 Å². The number of hydrogen-bond acceptors (Lipinski definition) is 9. The van der Waals surface area contributed by atoms with E-state index in [1.807, 2.05) is 43.3 Å². The van der Waals surface area contributed by atoms with Crippen molar-refractivity contribution in [1.29, 1.82) is 0 Å². The van der Waals surface area contributed by atoms with Gasteiger partial charge in [0.15, 0.2) is 17.3 Å². The number of hydrogen-bond donors (Lipinski definition) is 2. The molecular weight excluding hydrogens is 510 g/mol. The fourth-order valence-electron chi connectivity index (χ4n) is 4.50. The smallest absolute Gasteiger partial charge is 0.307 e. The van der Waals surface area contributed by atoms with E-state index in [2.05, 4.69) is 20.2 Å². The molecule has 1 atom stereocenters. The second-order valence-electron chi connectivity index (χ2n) is 9.28. The van der Waals surface area contributed by atoms with Crippen LogP contribution in [0.25, 0.3) is 0 Å². The molecule has 4 aromatic rings. The first kappa shape index (κ1) is 26.7. The van der Waals surface area contributed by atoms with E-state index in [0.29, 0.717) is 42.0 Å². The molecular formula is C30H31N5O5. The van der Waals surface area contributed by atoms with Gasteiger partial charge in [0.05, 0.1) is 32.0 Å². The van der Waals surface area contributed by atoms with Crippen LogP contribution < -0.4 is 24.4 Å². The number of aromatic nitrogens is 3. The summed E-state index contributed by atoms with van der Waals surface area (Å²) >= 11 is 0. The maximum absolute atomic E-state index is 11.0. The molecule has 3 heterocycles. The second kappa shape index (κ2) is 12.8. The van der Waals surface area contributed by atoms with Crippen LogP contribution in [0.5, 0.6) is 23.1 Å². The van der Waals surface area contributed by atoms with Crippen LogP contribution in [-0.4, -0.2) is 51.8 Å². The molecule has 2 aromatic carbocycles. The van der Waals surface area contributed by atoms with Crippen LogP contribution in [0.1, 0.15) is 25.3 Å². The predicted molar refractivity (Wildman–Crippen MR) is 151 cm³/mol. The molecule has 10 nitrogen and oxygen atoms in total. The Morgan fingerprint density at radius 2 is 1.88 bits per heavy atom. The lowest BCUT2D eigenvalue weighted by Gasteiger charge is -2.33. The van der Waals surface area contributed by atoms with E-state index in [1.54, 1.807) is 42.7 Å². The molecule has 0 radical (unpaired) electrons. The van der Waals surface area contributed by atoms with Crippen LogP contribution in [-0.2, 0) is 11.2 Å². The lowest BCUT2D eigenvalue weighted by molar-refractivity contribution is -0.136. The Kier molecular flexibility index (Phi) is 8.55. The van der Waals surface area contributed by atoms with E-state index in [1.165, 1.54) is 0 Å². The number of carbonyl (C=O) groups is 1. The van der Waals surface area contributed by atoms with Gasteiger partial charge < -0.3 is 29.5 Å². The quantitative estimate of drug-likeness (QED) is 0.253. The van der Waals surface area contributed by atoms with Gasteiger partial charge in [0.25, 0.3) is 0 Å². The number of benzene rings is 2. The molecule has 206 valence electrons. The normalized spacial score (nSPS) is 14.8. The predicted octanol–water partition coefficient (Wildman–Crippen LogP) is 5.48. The summed E-state index contributed by atoms with van der Waals surface area (Å²) in [5.41, 5.74) is 0.648. The summed E-state index contributed by atoms with van der Waals surface area (Å²) in [5.74, 6) is 3.32. The molecule has 40 heavy (non-hydrogen) atoms. The fraction of sp³-hybridized carbons (Fsp3) is 0.267. The maximum Gasteiger partial charge on any atom is 0.307 e. The Bertz CT molecular complexity index is 1450. The van der Waals surface area contributed by atoms with Crippen LogP contribution in [0.15, 0.2) is 79.1 Å². The van der Waals surface area contributed by atoms with E-state index in [0.717, 1.165) is 36.7 Å². The number of aliphatic carboxylic acids is 1. The number of piperidine rings is 1. The van der Waals surface area contributed by atoms with Crippen molar-refractivity contribution in [1.82, 2.24) is 15.0 Å². The third-order valence-electron chi connectivity index (χ3n) is 6.22. The number of pyridine rings is 1. The Hall–Kier alpha value is -4.86. The summed E-state index contributed by atoms with van der Waals surface area (Å²) in [5, 5.41) is 12.2. The molecule has 1 aliphatic heterocycles. The zero-order chi connectivity index (χ0) is 27.7. The fourth-order valence-corrected chi connectivity index (χ4v) is 4.50. The summed E-state index contributed by atoms with van der Waals surface area (Å²) in [6.45, 7) is 4.07. The lowest BCUT2D eigenvalue weighted by atomic mass is 10.1.